The second-order valence-corrected chi connectivity index (χ2v) is 11.7. The molecule has 0 unspecified atom stereocenters. The molecule has 218 valence electrons. The average Bonchev–Trinajstić information content (AvgIpc) is 3.43. The van der Waals surface area contributed by atoms with Crippen molar-refractivity contribution in [2.45, 2.75) is 6.92 Å². The molecule has 0 aliphatic carbocycles. The van der Waals surface area contributed by atoms with E-state index in [0.29, 0.717) is 0 Å². The summed E-state index contributed by atoms with van der Waals surface area (Å²) >= 11 is 0. The van der Waals surface area contributed by atoms with Gasteiger partial charge < -0.3 is 4.57 Å². The Bertz CT molecular complexity index is 2370. The van der Waals surface area contributed by atoms with Crippen LogP contribution in [0.3, 0.4) is 0 Å². The van der Waals surface area contributed by atoms with E-state index in [4.69, 9.17) is 0 Å². The van der Waals surface area contributed by atoms with Crippen LogP contribution in [0.4, 0.5) is 0 Å². The zero-order chi connectivity index (χ0) is 31.0. The van der Waals surface area contributed by atoms with E-state index in [-0.39, 0.29) is 0 Å². The van der Waals surface area contributed by atoms with Gasteiger partial charge in [0.15, 0.2) is 0 Å². The monoisotopic (exact) mass is 587 g/mol. The van der Waals surface area contributed by atoms with Crippen LogP contribution < -0.4 is 0 Å². The van der Waals surface area contributed by atoms with Crippen molar-refractivity contribution in [1.82, 2.24) is 4.57 Å². The fourth-order valence-corrected chi connectivity index (χ4v) is 7.11. The third kappa shape index (κ3) is 4.48. The van der Waals surface area contributed by atoms with Crippen molar-refractivity contribution < 1.29 is 0 Å². The van der Waals surface area contributed by atoms with E-state index in [9.17, 15) is 0 Å². The molecule has 0 N–H and O–H groups in total. The van der Waals surface area contributed by atoms with Crippen LogP contribution >= 0.6 is 0 Å². The van der Waals surface area contributed by atoms with Crippen molar-refractivity contribution in [2.24, 2.45) is 0 Å². The van der Waals surface area contributed by atoms with E-state index in [2.05, 4.69) is 182 Å². The molecule has 0 fully saturated rings. The first-order chi connectivity index (χ1) is 22.8. The molecule has 8 aromatic rings. The summed E-state index contributed by atoms with van der Waals surface area (Å²) in [7, 11) is 0. The zero-order valence-electron chi connectivity index (χ0n) is 25.8. The summed E-state index contributed by atoms with van der Waals surface area (Å²) in [6.45, 7) is 6.25. The maximum absolute atomic E-state index is 4.18. The summed E-state index contributed by atoms with van der Waals surface area (Å²) in [5, 5.41) is 6.25. The van der Waals surface area contributed by atoms with Gasteiger partial charge in [-0.15, -0.1) is 0 Å². The first kappa shape index (κ1) is 27.6. The molecule has 0 aliphatic heterocycles. The molecular formula is C45H33N. The van der Waals surface area contributed by atoms with Gasteiger partial charge in [0.25, 0.3) is 0 Å². The van der Waals surface area contributed by atoms with Gasteiger partial charge in [-0.3, -0.25) is 0 Å². The van der Waals surface area contributed by atoms with Crippen molar-refractivity contribution in [3.05, 3.63) is 176 Å². The predicted molar refractivity (Wildman–Crippen MR) is 199 cm³/mol. The standard InChI is InChI=1S/C45H33N/c1-3-16-42-36(4-2)37-28-27-33(30-43(37)46(42)35-21-9-6-10-22-35)32-19-15-20-34(29-32)45-40-25-13-11-23-38(40)44(31-17-7-5-8-18-31)39-24-12-14-26-41(39)45/h3-30H,2H2,1H3/b16-3-. The van der Waals surface area contributed by atoms with Crippen LogP contribution in [0.1, 0.15) is 18.2 Å². The average molecular weight is 588 g/mol. The number of nitrogens with zero attached hydrogens (tertiary/aromatic N) is 1. The van der Waals surface area contributed by atoms with Gasteiger partial charge in [-0.1, -0.05) is 146 Å². The molecule has 7 aromatic carbocycles. The lowest BCUT2D eigenvalue weighted by Gasteiger charge is -2.18. The van der Waals surface area contributed by atoms with E-state index < -0.39 is 0 Å². The van der Waals surface area contributed by atoms with Gasteiger partial charge in [0.2, 0.25) is 0 Å². The lowest BCUT2D eigenvalue weighted by molar-refractivity contribution is 1.10. The summed E-state index contributed by atoms with van der Waals surface area (Å²) in [6, 6.07) is 54.9. The van der Waals surface area contributed by atoms with Crippen LogP contribution in [0.5, 0.6) is 0 Å². The highest BCUT2D eigenvalue weighted by molar-refractivity contribution is 6.21. The molecule has 0 radical (unpaired) electrons. The third-order valence-electron chi connectivity index (χ3n) is 9.07. The minimum Gasteiger partial charge on any atom is -0.309 e. The smallest absolute Gasteiger partial charge is 0.0547 e. The lowest BCUT2D eigenvalue weighted by Crippen LogP contribution is -1.96. The van der Waals surface area contributed by atoms with Crippen LogP contribution in [-0.2, 0) is 0 Å². The van der Waals surface area contributed by atoms with E-state index in [1.165, 1.54) is 65.8 Å². The number of hydrogen-bond acceptors (Lipinski definition) is 0. The molecule has 0 saturated carbocycles. The molecule has 0 atom stereocenters. The Labute approximate surface area is 270 Å². The van der Waals surface area contributed by atoms with Gasteiger partial charge in [0, 0.05) is 16.6 Å². The summed E-state index contributed by atoms with van der Waals surface area (Å²) in [6.07, 6.45) is 6.26. The Hall–Kier alpha value is -5.92. The highest BCUT2D eigenvalue weighted by Gasteiger charge is 2.18. The molecule has 0 spiro atoms. The molecular weight excluding hydrogens is 555 g/mol. The van der Waals surface area contributed by atoms with Gasteiger partial charge in [-0.2, -0.15) is 0 Å². The molecule has 46 heavy (non-hydrogen) atoms. The van der Waals surface area contributed by atoms with Gasteiger partial charge >= 0.3 is 0 Å². The minimum absolute atomic E-state index is 1.14. The SMILES string of the molecule is C=Cc1c(/C=C\C)n(-c2ccccc2)c2cc(-c3cccc(-c4c5ccccc5c(-c5ccccc5)c5ccccc45)c3)ccc12. The Morgan fingerprint density at radius 3 is 1.61 bits per heavy atom. The summed E-state index contributed by atoms with van der Waals surface area (Å²) < 4.78 is 2.35. The number of aromatic nitrogens is 1. The Balaban J connectivity index is 1.36. The second kappa shape index (κ2) is 11.5. The van der Waals surface area contributed by atoms with Crippen molar-refractivity contribution in [2.75, 3.05) is 0 Å². The quantitative estimate of drug-likeness (QED) is 0.171. The summed E-state index contributed by atoms with van der Waals surface area (Å²) in [5.41, 5.74) is 12.0. The number of benzene rings is 7. The molecule has 1 heteroatoms. The van der Waals surface area contributed by atoms with Gasteiger partial charge in [0.1, 0.15) is 0 Å². The van der Waals surface area contributed by atoms with Crippen molar-refractivity contribution in [3.8, 4) is 39.1 Å². The lowest BCUT2D eigenvalue weighted by atomic mass is 9.85. The van der Waals surface area contributed by atoms with Gasteiger partial charge in [-0.05, 0) is 92.2 Å². The fourth-order valence-electron chi connectivity index (χ4n) is 7.11. The maximum Gasteiger partial charge on any atom is 0.0547 e. The summed E-state index contributed by atoms with van der Waals surface area (Å²) in [4.78, 5) is 0. The normalized spacial score (nSPS) is 11.6. The number of hydrogen-bond donors (Lipinski definition) is 0. The van der Waals surface area contributed by atoms with Crippen LogP contribution in [0.15, 0.2) is 164 Å². The van der Waals surface area contributed by atoms with Crippen molar-refractivity contribution >= 4 is 44.6 Å². The predicted octanol–water partition coefficient (Wildman–Crippen LogP) is 12.6. The second-order valence-electron chi connectivity index (χ2n) is 11.7. The third-order valence-corrected chi connectivity index (χ3v) is 9.07. The molecule has 1 aromatic heterocycles. The van der Waals surface area contributed by atoms with E-state index >= 15 is 0 Å². The van der Waals surface area contributed by atoms with E-state index in [0.717, 1.165) is 16.9 Å². The minimum atomic E-state index is 1.14. The summed E-state index contributed by atoms with van der Waals surface area (Å²) in [5.74, 6) is 0. The van der Waals surface area contributed by atoms with Crippen molar-refractivity contribution in [1.29, 1.82) is 0 Å². The number of fused-ring (bicyclic) bond motifs is 3. The number of rotatable bonds is 6. The molecule has 1 heterocycles. The van der Waals surface area contributed by atoms with Crippen LogP contribution in [0.25, 0.3) is 83.7 Å². The molecule has 0 saturated heterocycles. The van der Waals surface area contributed by atoms with Crippen LogP contribution in [-0.4, -0.2) is 4.57 Å². The molecule has 1 nitrogen and oxygen atoms in total. The maximum atomic E-state index is 4.18. The fraction of sp³-hybridized carbons (Fsp3) is 0.0222. The van der Waals surface area contributed by atoms with Crippen LogP contribution in [0.2, 0.25) is 0 Å². The number of para-hydroxylation sites is 1. The highest BCUT2D eigenvalue weighted by Crippen LogP contribution is 2.44. The van der Waals surface area contributed by atoms with Gasteiger partial charge in [-0.25, -0.2) is 0 Å². The molecule has 0 bridgehead atoms. The Kier molecular flexibility index (Phi) is 6.93. The molecule has 0 amide bonds. The van der Waals surface area contributed by atoms with E-state index in [1.54, 1.807) is 0 Å². The zero-order valence-corrected chi connectivity index (χ0v) is 25.8. The Morgan fingerprint density at radius 1 is 0.478 bits per heavy atom. The largest absolute Gasteiger partial charge is 0.309 e. The number of allylic oxidation sites excluding steroid dienone is 1. The highest BCUT2D eigenvalue weighted by atomic mass is 15.0. The first-order valence-corrected chi connectivity index (χ1v) is 15.9. The van der Waals surface area contributed by atoms with Crippen LogP contribution in [0, 0.1) is 0 Å². The topological polar surface area (TPSA) is 4.93 Å². The Morgan fingerprint density at radius 2 is 1.00 bits per heavy atom. The molecule has 0 aliphatic rings. The molecule has 8 rings (SSSR count). The van der Waals surface area contributed by atoms with Gasteiger partial charge in [0.05, 0.1) is 11.2 Å². The first-order valence-electron chi connectivity index (χ1n) is 15.9. The van der Waals surface area contributed by atoms with E-state index in [1.807, 2.05) is 6.08 Å². The van der Waals surface area contributed by atoms with Crippen molar-refractivity contribution in [3.63, 3.8) is 0 Å².